The average molecular weight is 184 g/mol. The average Bonchev–Trinajstić information content (AvgIpc) is 2.28. The van der Waals surface area contributed by atoms with Gasteiger partial charge in [0.1, 0.15) is 0 Å². The van der Waals surface area contributed by atoms with E-state index in [1.807, 2.05) is 13.8 Å². The summed E-state index contributed by atoms with van der Waals surface area (Å²) in [5, 5.41) is 0. The van der Waals surface area contributed by atoms with Gasteiger partial charge >= 0.3 is 5.97 Å². The lowest BCUT2D eigenvalue weighted by molar-refractivity contribution is -0.152. The van der Waals surface area contributed by atoms with Crippen molar-refractivity contribution in [1.29, 1.82) is 0 Å². The molecule has 0 aromatic rings. The summed E-state index contributed by atoms with van der Waals surface area (Å²) in [6.45, 7) is 8.24. The summed E-state index contributed by atoms with van der Waals surface area (Å²) in [6.07, 6.45) is 3.15. The van der Waals surface area contributed by atoms with Gasteiger partial charge in [-0.2, -0.15) is 0 Å². The Morgan fingerprint density at radius 1 is 1.46 bits per heavy atom. The van der Waals surface area contributed by atoms with Crippen molar-refractivity contribution in [3.63, 3.8) is 0 Å². The van der Waals surface area contributed by atoms with Crippen LogP contribution < -0.4 is 0 Å². The highest BCUT2D eigenvalue weighted by molar-refractivity contribution is 5.73. The summed E-state index contributed by atoms with van der Waals surface area (Å²) in [5.41, 5.74) is 0.334. The molecule has 0 bridgehead atoms. The molecule has 2 nitrogen and oxygen atoms in total. The van der Waals surface area contributed by atoms with E-state index in [2.05, 4.69) is 13.8 Å². The Kier molecular flexibility index (Phi) is 2.99. The van der Waals surface area contributed by atoms with Gasteiger partial charge in [0.2, 0.25) is 0 Å². The van der Waals surface area contributed by atoms with Crippen LogP contribution in [0.3, 0.4) is 0 Å². The van der Waals surface area contributed by atoms with Crippen molar-refractivity contribution in [2.24, 2.45) is 11.3 Å². The third kappa shape index (κ3) is 3.02. The second kappa shape index (κ2) is 3.69. The monoisotopic (exact) mass is 184 g/mol. The quantitative estimate of drug-likeness (QED) is 0.617. The molecule has 1 rings (SSSR count). The van der Waals surface area contributed by atoms with Gasteiger partial charge in [0.05, 0.1) is 12.0 Å². The minimum atomic E-state index is 0.000532. The van der Waals surface area contributed by atoms with E-state index in [1.54, 1.807) is 0 Å². The summed E-state index contributed by atoms with van der Waals surface area (Å²) in [6, 6.07) is 0. The second-order valence-electron chi connectivity index (χ2n) is 5.09. The maximum atomic E-state index is 11.5. The Hall–Kier alpha value is -0.530. The zero-order valence-electron chi connectivity index (χ0n) is 9.09. The number of ether oxygens (including phenoxy) is 1. The Labute approximate surface area is 80.7 Å². The number of carbonyl (C=O) groups excluding carboxylic acids is 1. The normalized spacial score (nSPS) is 26.4. The summed E-state index contributed by atoms with van der Waals surface area (Å²) < 4.78 is 5.19. The highest BCUT2D eigenvalue weighted by Crippen LogP contribution is 2.41. The lowest BCUT2D eigenvalue weighted by Crippen LogP contribution is -2.20. The van der Waals surface area contributed by atoms with E-state index in [-0.39, 0.29) is 18.0 Å². The minimum Gasteiger partial charge on any atom is -0.463 e. The zero-order chi connectivity index (χ0) is 10.1. The van der Waals surface area contributed by atoms with Gasteiger partial charge in [0.25, 0.3) is 0 Å². The molecule has 0 aromatic carbocycles. The molecular formula is C11H20O2. The smallest absolute Gasteiger partial charge is 0.309 e. The van der Waals surface area contributed by atoms with E-state index in [0.717, 1.165) is 19.3 Å². The molecule has 0 heterocycles. The SMILES string of the molecule is CC(C)OC(=O)C1CCC(C)(C)C1. The topological polar surface area (TPSA) is 26.3 Å². The van der Waals surface area contributed by atoms with Crippen LogP contribution in [0.25, 0.3) is 0 Å². The maximum Gasteiger partial charge on any atom is 0.309 e. The predicted molar refractivity (Wildman–Crippen MR) is 52.4 cm³/mol. The van der Waals surface area contributed by atoms with Gasteiger partial charge in [0.15, 0.2) is 0 Å². The van der Waals surface area contributed by atoms with Crippen LogP contribution in [0.5, 0.6) is 0 Å². The zero-order valence-corrected chi connectivity index (χ0v) is 9.09. The van der Waals surface area contributed by atoms with Gasteiger partial charge in [-0.3, -0.25) is 4.79 Å². The van der Waals surface area contributed by atoms with Crippen molar-refractivity contribution in [1.82, 2.24) is 0 Å². The molecule has 1 atom stereocenters. The fraction of sp³-hybridized carbons (Fsp3) is 0.909. The molecule has 0 spiro atoms. The molecule has 1 unspecified atom stereocenters. The molecule has 1 aliphatic rings. The molecule has 0 radical (unpaired) electrons. The molecule has 0 amide bonds. The fourth-order valence-corrected chi connectivity index (χ4v) is 1.97. The predicted octanol–water partition coefficient (Wildman–Crippen LogP) is 2.76. The van der Waals surface area contributed by atoms with Crippen LogP contribution in [0.15, 0.2) is 0 Å². The number of esters is 1. The van der Waals surface area contributed by atoms with Crippen LogP contribution in [0.2, 0.25) is 0 Å². The summed E-state index contributed by atoms with van der Waals surface area (Å²) in [5.74, 6) is 0.151. The molecule has 13 heavy (non-hydrogen) atoms. The van der Waals surface area contributed by atoms with Crippen LogP contribution in [0, 0.1) is 11.3 Å². The largest absolute Gasteiger partial charge is 0.463 e. The van der Waals surface area contributed by atoms with Crippen LogP contribution in [-0.4, -0.2) is 12.1 Å². The van der Waals surface area contributed by atoms with Crippen molar-refractivity contribution in [3.05, 3.63) is 0 Å². The van der Waals surface area contributed by atoms with Crippen LogP contribution >= 0.6 is 0 Å². The molecule has 0 aromatic heterocycles. The second-order valence-corrected chi connectivity index (χ2v) is 5.09. The Balaban J connectivity index is 2.42. The minimum absolute atomic E-state index is 0.000532. The van der Waals surface area contributed by atoms with Crippen molar-refractivity contribution in [2.45, 2.75) is 53.1 Å². The van der Waals surface area contributed by atoms with Gasteiger partial charge in [0, 0.05) is 0 Å². The first-order valence-corrected chi connectivity index (χ1v) is 5.11. The van der Waals surface area contributed by atoms with E-state index in [1.165, 1.54) is 0 Å². The molecule has 76 valence electrons. The summed E-state index contributed by atoms with van der Waals surface area (Å²) in [7, 11) is 0. The van der Waals surface area contributed by atoms with E-state index < -0.39 is 0 Å². The highest BCUT2D eigenvalue weighted by Gasteiger charge is 2.35. The third-order valence-corrected chi connectivity index (χ3v) is 2.65. The maximum absolute atomic E-state index is 11.5. The Morgan fingerprint density at radius 2 is 2.08 bits per heavy atom. The Bertz CT molecular complexity index is 194. The fourth-order valence-electron chi connectivity index (χ4n) is 1.97. The van der Waals surface area contributed by atoms with Crippen molar-refractivity contribution >= 4 is 5.97 Å². The molecule has 1 saturated carbocycles. The van der Waals surface area contributed by atoms with E-state index in [4.69, 9.17) is 4.74 Å². The molecule has 1 fully saturated rings. The first kappa shape index (κ1) is 10.6. The molecule has 2 heteroatoms. The summed E-state index contributed by atoms with van der Waals surface area (Å²) in [4.78, 5) is 11.5. The van der Waals surface area contributed by atoms with E-state index in [9.17, 15) is 4.79 Å². The Morgan fingerprint density at radius 3 is 2.46 bits per heavy atom. The number of hydrogen-bond acceptors (Lipinski definition) is 2. The van der Waals surface area contributed by atoms with E-state index >= 15 is 0 Å². The van der Waals surface area contributed by atoms with Crippen LogP contribution in [0.1, 0.15) is 47.0 Å². The molecule has 0 saturated heterocycles. The first-order valence-electron chi connectivity index (χ1n) is 5.11. The molecule has 0 N–H and O–H groups in total. The van der Waals surface area contributed by atoms with Crippen LogP contribution in [-0.2, 0) is 9.53 Å². The standard InChI is InChI=1S/C11H20O2/c1-8(2)13-10(12)9-5-6-11(3,4)7-9/h8-9H,5-7H2,1-4H3. The molecule has 1 aliphatic carbocycles. The number of carbonyl (C=O) groups is 1. The van der Waals surface area contributed by atoms with Gasteiger partial charge in [-0.05, 0) is 38.5 Å². The lowest BCUT2D eigenvalue weighted by atomic mass is 9.91. The van der Waals surface area contributed by atoms with Crippen molar-refractivity contribution in [2.75, 3.05) is 0 Å². The van der Waals surface area contributed by atoms with Crippen LogP contribution in [0.4, 0.5) is 0 Å². The van der Waals surface area contributed by atoms with Gasteiger partial charge < -0.3 is 4.74 Å². The van der Waals surface area contributed by atoms with Crippen molar-refractivity contribution < 1.29 is 9.53 Å². The molecular weight excluding hydrogens is 164 g/mol. The molecule has 0 aliphatic heterocycles. The number of hydrogen-bond donors (Lipinski definition) is 0. The highest BCUT2D eigenvalue weighted by atomic mass is 16.5. The van der Waals surface area contributed by atoms with Gasteiger partial charge in [-0.1, -0.05) is 13.8 Å². The van der Waals surface area contributed by atoms with Crippen molar-refractivity contribution in [3.8, 4) is 0 Å². The van der Waals surface area contributed by atoms with Gasteiger partial charge in [-0.15, -0.1) is 0 Å². The third-order valence-electron chi connectivity index (χ3n) is 2.65. The number of rotatable bonds is 2. The van der Waals surface area contributed by atoms with E-state index in [0.29, 0.717) is 5.41 Å². The van der Waals surface area contributed by atoms with Gasteiger partial charge in [-0.25, -0.2) is 0 Å². The summed E-state index contributed by atoms with van der Waals surface area (Å²) >= 11 is 0. The first-order chi connectivity index (χ1) is 5.91. The lowest BCUT2D eigenvalue weighted by Gasteiger charge is -2.17.